The van der Waals surface area contributed by atoms with Crippen molar-refractivity contribution in [1.29, 1.82) is 0 Å². The number of carbonyl (C=O) groups excluding carboxylic acids is 1. The SMILES string of the molecule is Cl.O=C(CC1CC2CCC(C1)N2)NC(COc1ccccc1F)c1ccccc1. The zero-order valence-corrected chi connectivity index (χ0v) is 17.2. The zero-order valence-electron chi connectivity index (χ0n) is 16.4. The van der Waals surface area contributed by atoms with E-state index in [1.54, 1.807) is 18.2 Å². The van der Waals surface area contributed by atoms with E-state index in [0.717, 1.165) is 18.4 Å². The van der Waals surface area contributed by atoms with Crippen molar-refractivity contribution in [3.63, 3.8) is 0 Å². The first-order valence-electron chi connectivity index (χ1n) is 10.1. The van der Waals surface area contributed by atoms with Crippen LogP contribution in [0.2, 0.25) is 0 Å². The third kappa shape index (κ3) is 5.71. The molecule has 29 heavy (non-hydrogen) atoms. The van der Waals surface area contributed by atoms with Gasteiger partial charge >= 0.3 is 0 Å². The average molecular weight is 419 g/mol. The lowest BCUT2D eigenvalue weighted by Gasteiger charge is -2.29. The second kappa shape index (κ2) is 10.1. The van der Waals surface area contributed by atoms with Gasteiger partial charge in [-0.25, -0.2) is 4.39 Å². The van der Waals surface area contributed by atoms with E-state index < -0.39 is 5.82 Å². The molecule has 3 unspecified atom stereocenters. The van der Waals surface area contributed by atoms with E-state index in [0.29, 0.717) is 24.4 Å². The van der Waals surface area contributed by atoms with Crippen molar-refractivity contribution in [1.82, 2.24) is 10.6 Å². The minimum Gasteiger partial charge on any atom is -0.488 e. The quantitative estimate of drug-likeness (QED) is 0.700. The monoisotopic (exact) mass is 418 g/mol. The average Bonchev–Trinajstić information content (AvgIpc) is 3.05. The molecule has 4 nitrogen and oxygen atoms in total. The molecule has 4 rings (SSSR count). The molecule has 2 saturated heterocycles. The van der Waals surface area contributed by atoms with Crippen LogP contribution in [0.4, 0.5) is 4.39 Å². The number of ether oxygens (including phenoxy) is 1. The molecule has 2 bridgehead atoms. The fourth-order valence-corrected chi connectivity index (χ4v) is 4.50. The Bertz CT molecular complexity index is 792. The Hall–Kier alpha value is -2.11. The molecule has 2 fully saturated rings. The molecule has 0 spiro atoms. The van der Waals surface area contributed by atoms with Crippen molar-refractivity contribution in [3.8, 4) is 5.75 Å². The first kappa shape index (κ1) is 21.6. The van der Waals surface area contributed by atoms with Crippen LogP contribution < -0.4 is 15.4 Å². The van der Waals surface area contributed by atoms with E-state index >= 15 is 0 Å². The maximum Gasteiger partial charge on any atom is 0.220 e. The maximum atomic E-state index is 13.9. The smallest absolute Gasteiger partial charge is 0.220 e. The molecular formula is C23H28ClFN2O2. The number of rotatable bonds is 7. The van der Waals surface area contributed by atoms with E-state index in [2.05, 4.69) is 10.6 Å². The number of carbonyl (C=O) groups is 1. The lowest BCUT2D eigenvalue weighted by molar-refractivity contribution is -0.123. The van der Waals surface area contributed by atoms with Gasteiger partial charge in [-0.2, -0.15) is 0 Å². The van der Waals surface area contributed by atoms with Crippen LogP contribution in [0.3, 0.4) is 0 Å². The molecule has 3 atom stereocenters. The Kier molecular flexibility index (Phi) is 7.51. The van der Waals surface area contributed by atoms with Crippen molar-refractivity contribution in [2.45, 2.75) is 50.2 Å². The van der Waals surface area contributed by atoms with Gasteiger partial charge < -0.3 is 15.4 Å². The molecule has 2 aromatic rings. The van der Waals surface area contributed by atoms with Crippen molar-refractivity contribution >= 4 is 18.3 Å². The summed E-state index contributed by atoms with van der Waals surface area (Å²) in [6.45, 7) is 0.189. The van der Waals surface area contributed by atoms with Crippen LogP contribution in [0.1, 0.15) is 43.7 Å². The van der Waals surface area contributed by atoms with E-state index in [1.165, 1.54) is 18.9 Å². The number of piperidine rings is 1. The summed E-state index contributed by atoms with van der Waals surface area (Å²) in [5.74, 6) is 0.276. The number of halogens is 2. The van der Waals surface area contributed by atoms with E-state index in [4.69, 9.17) is 4.74 Å². The summed E-state index contributed by atoms with van der Waals surface area (Å²) in [4.78, 5) is 12.7. The molecule has 2 aromatic carbocycles. The number of para-hydroxylation sites is 1. The first-order valence-corrected chi connectivity index (χ1v) is 10.1. The molecular weight excluding hydrogens is 391 g/mol. The predicted octanol–water partition coefficient (Wildman–Crippen LogP) is 4.40. The molecule has 2 aliphatic heterocycles. The van der Waals surface area contributed by atoms with E-state index in [1.807, 2.05) is 30.3 Å². The summed E-state index contributed by atoms with van der Waals surface area (Å²) < 4.78 is 19.6. The summed E-state index contributed by atoms with van der Waals surface area (Å²) >= 11 is 0. The topological polar surface area (TPSA) is 50.4 Å². The van der Waals surface area contributed by atoms with Gasteiger partial charge in [0.15, 0.2) is 11.6 Å². The molecule has 0 aromatic heterocycles. The molecule has 0 saturated carbocycles. The molecule has 156 valence electrons. The van der Waals surface area contributed by atoms with Gasteiger partial charge in [0.1, 0.15) is 6.61 Å². The van der Waals surface area contributed by atoms with Gasteiger partial charge in [0.2, 0.25) is 5.91 Å². The van der Waals surface area contributed by atoms with Crippen LogP contribution in [0, 0.1) is 11.7 Å². The largest absolute Gasteiger partial charge is 0.488 e. The van der Waals surface area contributed by atoms with Crippen LogP contribution in [-0.2, 0) is 4.79 Å². The van der Waals surface area contributed by atoms with Crippen molar-refractivity contribution < 1.29 is 13.9 Å². The van der Waals surface area contributed by atoms with E-state index in [-0.39, 0.29) is 36.7 Å². The van der Waals surface area contributed by atoms with Crippen LogP contribution in [0.25, 0.3) is 0 Å². The lowest BCUT2D eigenvalue weighted by Crippen LogP contribution is -2.40. The van der Waals surface area contributed by atoms with Gasteiger partial charge in [0.05, 0.1) is 6.04 Å². The number of fused-ring (bicyclic) bond motifs is 2. The Balaban J connectivity index is 0.00000240. The predicted molar refractivity (Wildman–Crippen MR) is 114 cm³/mol. The van der Waals surface area contributed by atoms with Gasteiger partial charge in [-0.05, 0) is 49.3 Å². The lowest BCUT2D eigenvalue weighted by atomic mass is 9.89. The van der Waals surface area contributed by atoms with Crippen molar-refractivity contribution in [3.05, 3.63) is 66.0 Å². The molecule has 0 aliphatic carbocycles. The van der Waals surface area contributed by atoms with Crippen molar-refractivity contribution in [2.24, 2.45) is 5.92 Å². The molecule has 1 amide bonds. The Morgan fingerprint density at radius 3 is 2.41 bits per heavy atom. The number of hydrogen-bond acceptors (Lipinski definition) is 3. The summed E-state index contributed by atoms with van der Waals surface area (Å²) in [6, 6.07) is 16.9. The van der Waals surface area contributed by atoms with Crippen LogP contribution in [-0.4, -0.2) is 24.6 Å². The fourth-order valence-electron chi connectivity index (χ4n) is 4.50. The van der Waals surface area contributed by atoms with Gasteiger partial charge in [-0.1, -0.05) is 42.5 Å². The Morgan fingerprint density at radius 1 is 1.07 bits per heavy atom. The highest BCUT2D eigenvalue weighted by atomic mass is 35.5. The van der Waals surface area contributed by atoms with Gasteiger partial charge in [0.25, 0.3) is 0 Å². The summed E-state index contributed by atoms with van der Waals surface area (Å²) in [7, 11) is 0. The van der Waals surface area contributed by atoms with Gasteiger partial charge in [0, 0.05) is 18.5 Å². The highest BCUT2D eigenvalue weighted by molar-refractivity contribution is 5.85. The highest BCUT2D eigenvalue weighted by Gasteiger charge is 2.34. The molecule has 6 heteroatoms. The van der Waals surface area contributed by atoms with Gasteiger partial charge in [-0.3, -0.25) is 4.79 Å². The van der Waals surface area contributed by atoms with Gasteiger partial charge in [-0.15, -0.1) is 12.4 Å². The zero-order chi connectivity index (χ0) is 19.3. The fraction of sp³-hybridized carbons (Fsp3) is 0.435. The third-order valence-corrected chi connectivity index (χ3v) is 5.82. The summed E-state index contributed by atoms with van der Waals surface area (Å²) in [6.07, 6.45) is 5.15. The highest BCUT2D eigenvalue weighted by Crippen LogP contribution is 2.32. The number of nitrogens with one attached hydrogen (secondary N) is 2. The van der Waals surface area contributed by atoms with Crippen molar-refractivity contribution in [2.75, 3.05) is 6.61 Å². The molecule has 2 N–H and O–H groups in total. The first-order chi connectivity index (χ1) is 13.7. The van der Waals surface area contributed by atoms with E-state index in [9.17, 15) is 9.18 Å². The molecule has 2 heterocycles. The summed E-state index contributed by atoms with van der Waals surface area (Å²) in [5, 5.41) is 6.73. The molecule has 0 radical (unpaired) electrons. The van der Waals surface area contributed by atoms with Crippen LogP contribution in [0.5, 0.6) is 5.75 Å². The normalized spacial score (nSPS) is 23.7. The van der Waals surface area contributed by atoms with Crippen LogP contribution in [0.15, 0.2) is 54.6 Å². The van der Waals surface area contributed by atoms with Crippen LogP contribution >= 0.6 is 12.4 Å². The third-order valence-electron chi connectivity index (χ3n) is 5.82. The minimum atomic E-state index is -0.397. The molecule has 2 aliphatic rings. The summed E-state index contributed by atoms with van der Waals surface area (Å²) in [5.41, 5.74) is 0.956. The number of amides is 1. The second-order valence-electron chi connectivity index (χ2n) is 7.95. The number of hydrogen-bond donors (Lipinski definition) is 2. The number of benzene rings is 2. The Morgan fingerprint density at radius 2 is 1.72 bits per heavy atom. The Labute approximate surface area is 177 Å². The standard InChI is InChI=1S/C23H27FN2O2.ClH/c24-20-8-4-5-9-22(20)28-15-21(17-6-2-1-3-7-17)26-23(27)14-16-12-18-10-11-19(13-16)25-18;/h1-9,16,18-19,21,25H,10-15H2,(H,26,27);1H. The second-order valence-corrected chi connectivity index (χ2v) is 7.95. The maximum absolute atomic E-state index is 13.9. The minimum absolute atomic E-state index is 0.